The molecule has 0 amide bonds. The summed E-state index contributed by atoms with van der Waals surface area (Å²) < 4.78 is 15.8. The lowest BCUT2D eigenvalue weighted by molar-refractivity contribution is -0.137. The van der Waals surface area contributed by atoms with Gasteiger partial charge in [0.15, 0.2) is 11.5 Å². The first-order chi connectivity index (χ1) is 8.63. The molecule has 2 rings (SSSR count). The minimum Gasteiger partial charge on any atom is -0.495 e. The van der Waals surface area contributed by atoms with Gasteiger partial charge in [0.05, 0.1) is 7.11 Å². The monoisotopic (exact) mass is 272 g/mol. The third-order valence-electron chi connectivity index (χ3n) is 2.68. The quantitative estimate of drug-likeness (QED) is 0.892. The Balaban J connectivity index is 2.23. The Kier molecular flexibility index (Phi) is 3.81. The number of fused-ring (bicyclic) bond motifs is 1. The summed E-state index contributed by atoms with van der Waals surface area (Å²) in [6, 6.07) is 1.79. The van der Waals surface area contributed by atoms with Gasteiger partial charge in [-0.3, -0.25) is 4.79 Å². The summed E-state index contributed by atoms with van der Waals surface area (Å²) in [7, 11) is 1.52. The second kappa shape index (κ2) is 5.35. The van der Waals surface area contributed by atoms with Gasteiger partial charge in [0.1, 0.15) is 10.8 Å². The van der Waals surface area contributed by atoms with E-state index in [1.165, 1.54) is 7.11 Å². The summed E-state index contributed by atoms with van der Waals surface area (Å²) in [5.41, 5.74) is 0.827. The van der Waals surface area contributed by atoms with E-state index in [-0.39, 0.29) is 13.2 Å². The molecule has 0 atom stereocenters. The molecule has 1 aliphatic heterocycles. The van der Waals surface area contributed by atoms with Crippen LogP contribution in [-0.4, -0.2) is 25.0 Å². The number of aliphatic carboxylic acids is 1. The Morgan fingerprint density at radius 2 is 2.33 bits per heavy atom. The normalized spacial score (nSPS) is 12.6. The fourth-order valence-electron chi connectivity index (χ4n) is 1.87. The lowest BCUT2D eigenvalue weighted by Crippen LogP contribution is -1.98. The van der Waals surface area contributed by atoms with Gasteiger partial charge in [-0.05, 0) is 24.5 Å². The molecule has 6 heteroatoms. The predicted molar refractivity (Wildman–Crippen MR) is 64.7 cm³/mol. The fourth-order valence-corrected chi connectivity index (χ4v) is 2.22. The van der Waals surface area contributed by atoms with Gasteiger partial charge in [-0.2, -0.15) is 0 Å². The van der Waals surface area contributed by atoms with Gasteiger partial charge in [0, 0.05) is 6.42 Å². The Labute approximate surface area is 109 Å². The molecule has 5 nitrogen and oxygen atoms in total. The minimum atomic E-state index is -0.819. The summed E-state index contributed by atoms with van der Waals surface area (Å²) in [5.74, 6) is 0.758. The van der Waals surface area contributed by atoms with E-state index in [2.05, 4.69) is 0 Å². The zero-order valence-electron chi connectivity index (χ0n) is 9.86. The number of benzene rings is 1. The highest BCUT2D eigenvalue weighted by Crippen LogP contribution is 2.46. The van der Waals surface area contributed by atoms with Crippen molar-refractivity contribution in [1.29, 1.82) is 0 Å². The smallest absolute Gasteiger partial charge is 0.303 e. The van der Waals surface area contributed by atoms with E-state index in [9.17, 15) is 4.79 Å². The molecule has 0 saturated carbocycles. The number of rotatable bonds is 5. The van der Waals surface area contributed by atoms with E-state index in [0.29, 0.717) is 35.1 Å². The maximum Gasteiger partial charge on any atom is 0.303 e. The number of hydrogen-bond acceptors (Lipinski definition) is 4. The highest BCUT2D eigenvalue weighted by molar-refractivity contribution is 6.34. The van der Waals surface area contributed by atoms with E-state index >= 15 is 0 Å². The van der Waals surface area contributed by atoms with Gasteiger partial charge in [0.25, 0.3) is 0 Å². The first kappa shape index (κ1) is 12.8. The van der Waals surface area contributed by atoms with Crippen LogP contribution in [0.5, 0.6) is 17.2 Å². The molecule has 1 aromatic carbocycles. The van der Waals surface area contributed by atoms with E-state index in [4.69, 9.17) is 30.9 Å². The number of ether oxygens (including phenoxy) is 3. The predicted octanol–water partition coefficient (Wildman–Crippen LogP) is 2.48. The van der Waals surface area contributed by atoms with Crippen LogP contribution in [0.3, 0.4) is 0 Å². The second-order valence-corrected chi connectivity index (χ2v) is 4.24. The molecule has 0 unspecified atom stereocenters. The minimum absolute atomic E-state index is 0.106. The third-order valence-corrected chi connectivity index (χ3v) is 3.02. The van der Waals surface area contributed by atoms with Crippen molar-refractivity contribution in [3.05, 3.63) is 16.7 Å². The number of halogens is 1. The van der Waals surface area contributed by atoms with Crippen molar-refractivity contribution in [2.45, 2.75) is 19.3 Å². The van der Waals surface area contributed by atoms with Crippen LogP contribution in [0.25, 0.3) is 0 Å². The molecule has 1 N–H and O–H groups in total. The number of hydrogen-bond donors (Lipinski definition) is 1. The molecule has 0 bridgehead atoms. The largest absolute Gasteiger partial charge is 0.495 e. The average Bonchev–Trinajstić information content (AvgIpc) is 2.77. The molecule has 0 radical (unpaired) electrons. The fraction of sp³-hybridized carbons (Fsp3) is 0.417. The molecule has 18 heavy (non-hydrogen) atoms. The standard InChI is InChI=1S/C12H13ClO5/c1-16-11-7(3-2-4-9(14)15)5-8-12(10(11)13)18-6-17-8/h5H,2-4,6H2,1H3,(H,14,15). The van der Waals surface area contributed by atoms with Gasteiger partial charge in [-0.1, -0.05) is 11.6 Å². The van der Waals surface area contributed by atoms with Gasteiger partial charge >= 0.3 is 5.97 Å². The topological polar surface area (TPSA) is 65.0 Å². The first-order valence-corrected chi connectivity index (χ1v) is 5.88. The van der Waals surface area contributed by atoms with E-state index in [0.717, 1.165) is 5.56 Å². The Morgan fingerprint density at radius 1 is 1.56 bits per heavy atom. The average molecular weight is 273 g/mol. The summed E-state index contributed by atoms with van der Waals surface area (Å²) in [4.78, 5) is 10.5. The maximum absolute atomic E-state index is 10.5. The highest BCUT2D eigenvalue weighted by atomic mass is 35.5. The van der Waals surface area contributed by atoms with Crippen LogP contribution in [0.1, 0.15) is 18.4 Å². The summed E-state index contributed by atoms with van der Waals surface area (Å²) >= 11 is 6.15. The van der Waals surface area contributed by atoms with Crippen LogP contribution in [0.2, 0.25) is 5.02 Å². The lowest BCUT2D eigenvalue weighted by Gasteiger charge is -2.11. The number of carbonyl (C=O) groups is 1. The highest BCUT2D eigenvalue weighted by Gasteiger charge is 2.23. The van der Waals surface area contributed by atoms with Gasteiger partial charge in [-0.15, -0.1) is 0 Å². The lowest BCUT2D eigenvalue weighted by atomic mass is 10.1. The zero-order valence-corrected chi connectivity index (χ0v) is 10.6. The van der Waals surface area contributed by atoms with Crippen molar-refractivity contribution in [2.24, 2.45) is 0 Å². The number of carboxylic acids is 1. The van der Waals surface area contributed by atoms with Crippen molar-refractivity contribution < 1.29 is 24.1 Å². The Morgan fingerprint density at radius 3 is 3.00 bits per heavy atom. The van der Waals surface area contributed by atoms with Crippen LogP contribution in [-0.2, 0) is 11.2 Å². The van der Waals surface area contributed by atoms with Crippen LogP contribution >= 0.6 is 11.6 Å². The molecule has 98 valence electrons. The van der Waals surface area contributed by atoms with E-state index < -0.39 is 5.97 Å². The number of carboxylic acid groups (broad SMARTS) is 1. The Hall–Kier alpha value is -1.62. The number of aryl methyl sites for hydroxylation is 1. The van der Waals surface area contributed by atoms with Crippen molar-refractivity contribution >= 4 is 17.6 Å². The van der Waals surface area contributed by atoms with Crippen LogP contribution < -0.4 is 14.2 Å². The third kappa shape index (κ3) is 2.46. The van der Waals surface area contributed by atoms with Gasteiger partial charge in [0.2, 0.25) is 6.79 Å². The van der Waals surface area contributed by atoms with E-state index in [1.807, 2.05) is 0 Å². The first-order valence-electron chi connectivity index (χ1n) is 5.50. The maximum atomic E-state index is 10.5. The van der Waals surface area contributed by atoms with Crippen molar-refractivity contribution in [1.82, 2.24) is 0 Å². The molecule has 1 heterocycles. The summed E-state index contributed by atoms with van der Waals surface area (Å²) in [6.07, 6.45) is 1.18. The van der Waals surface area contributed by atoms with E-state index in [1.54, 1.807) is 6.07 Å². The van der Waals surface area contributed by atoms with Crippen LogP contribution in [0.15, 0.2) is 6.07 Å². The number of methoxy groups -OCH3 is 1. The molecule has 0 saturated heterocycles. The molecule has 0 aromatic heterocycles. The Bertz CT molecular complexity index is 472. The summed E-state index contributed by atoms with van der Waals surface area (Å²) in [6.45, 7) is 0.136. The SMILES string of the molecule is COc1c(CCCC(=O)O)cc2c(c1Cl)OCO2. The van der Waals surface area contributed by atoms with Crippen molar-refractivity contribution in [2.75, 3.05) is 13.9 Å². The molecule has 0 fully saturated rings. The van der Waals surface area contributed by atoms with Gasteiger partial charge in [-0.25, -0.2) is 0 Å². The molecule has 1 aliphatic rings. The summed E-state index contributed by atoms with van der Waals surface area (Å²) in [5, 5.41) is 9.00. The molecule has 1 aromatic rings. The van der Waals surface area contributed by atoms with Gasteiger partial charge < -0.3 is 19.3 Å². The zero-order chi connectivity index (χ0) is 13.1. The van der Waals surface area contributed by atoms with Crippen molar-refractivity contribution in [3.8, 4) is 17.2 Å². The van der Waals surface area contributed by atoms with Crippen LogP contribution in [0.4, 0.5) is 0 Å². The molecule has 0 aliphatic carbocycles. The van der Waals surface area contributed by atoms with Crippen molar-refractivity contribution in [3.63, 3.8) is 0 Å². The second-order valence-electron chi connectivity index (χ2n) is 3.86. The molecular weight excluding hydrogens is 260 g/mol. The molecular formula is C12H13ClO5. The molecule has 0 spiro atoms. The van der Waals surface area contributed by atoms with Crippen LogP contribution in [0, 0.1) is 0 Å².